The Labute approximate surface area is 120 Å². The van der Waals surface area contributed by atoms with Crippen LogP contribution in [0.25, 0.3) is 0 Å². The second kappa shape index (κ2) is 18.6. The van der Waals surface area contributed by atoms with Crippen molar-refractivity contribution in [3.63, 3.8) is 0 Å². The van der Waals surface area contributed by atoms with Crippen molar-refractivity contribution in [3.8, 4) is 0 Å². The summed E-state index contributed by atoms with van der Waals surface area (Å²) in [6, 6.07) is 0. The van der Waals surface area contributed by atoms with Gasteiger partial charge in [0.1, 0.15) is 0 Å². The molecule has 0 amide bonds. The van der Waals surface area contributed by atoms with Gasteiger partial charge in [-0.1, -0.05) is 83.6 Å². The van der Waals surface area contributed by atoms with Crippen molar-refractivity contribution in [3.05, 3.63) is 12.7 Å². The van der Waals surface area contributed by atoms with Crippen molar-refractivity contribution in [1.29, 1.82) is 0 Å². The van der Waals surface area contributed by atoms with Crippen molar-refractivity contribution in [2.24, 2.45) is 0 Å². The average Bonchev–Trinajstić information content (AvgIpc) is 2.31. The monoisotopic (exact) mass is 304 g/mol. The van der Waals surface area contributed by atoms with Crippen LogP contribution in [0.3, 0.4) is 0 Å². The van der Waals surface area contributed by atoms with Crippen LogP contribution in [0.1, 0.15) is 90.4 Å². The molecule has 0 nitrogen and oxygen atoms in total. The first kappa shape index (κ1) is 19.6. The van der Waals surface area contributed by atoms with Crippen LogP contribution in [-0.2, 0) is 0 Å². The van der Waals surface area contributed by atoms with Crippen LogP contribution in [0, 0.1) is 0 Å². The first-order valence-corrected chi connectivity index (χ1v) is 7.52. The summed E-state index contributed by atoms with van der Waals surface area (Å²) >= 11 is 0. The van der Waals surface area contributed by atoms with Gasteiger partial charge in [-0.2, -0.15) is 0 Å². The van der Waals surface area contributed by atoms with Gasteiger partial charge in [-0.15, -0.1) is 6.58 Å². The molecular formula is C16H32Se. The van der Waals surface area contributed by atoms with Gasteiger partial charge in [0.15, 0.2) is 0 Å². The first-order valence-electron chi connectivity index (χ1n) is 7.52. The van der Waals surface area contributed by atoms with E-state index >= 15 is 0 Å². The molecule has 0 aromatic carbocycles. The minimum absolute atomic E-state index is 0. The Morgan fingerprint density at radius 3 is 1.35 bits per heavy atom. The maximum Gasteiger partial charge on any atom is 0 e. The van der Waals surface area contributed by atoms with Gasteiger partial charge >= 0.3 is 0 Å². The standard InChI is InChI=1S/C16H32.Se/c1-3-5-7-9-11-13-15-16-14-12-10-8-6-4-2;/h3H,1,4-16H2,2H3;. The van der Waals surface area contributed by atoms with Gasteiger partial charge in [0.2, 0.25) is 0 Å². The van der Waals surface area contributed by atoms with Crippen LogP contribution in [0.15, 0.2) is 12.7 Å². The largest absolute Gasteiger partial charge is 0.103 e. The molecule has 0 saturated carbocycles. The fraction of sp³-hybridized carbons (Fsp3) is 0.875. The summed E-state index contributed by atoms with van der Waals surface area (Å²) in [6.45, 7) is 6.03. The molecule has 0 spiro atoms. The molecule has 0 atom stereocenters. The van der Waals surface area contributed by atoms with E-state index in [0.717, 1.165) is 0 Å². The predicted molar refractivity (Wildman–Crippen MR) is 81.6 cm³/mol. The third-order valence-electron chi connectivity index (χ3n) is 3.26. The molecule has 0 aromatic rings. The fourth-order valence-electron chi connectivity index (χ4n) is 2.13. The Balaban J connectivity index is 0. The van der Waals surface area contributed by atoms with E-state index in [0.29, 0.717) is 0 Å². The van der Waals surface area contributed by atoms with Gasteiger partial charge in [-0.3, -0.25) is 0 Å². The van der Waals surface area contributed by atoms with Gasteiger partial charge in [0, 0.05) is 17.1 Å². The van der Waals surface area contributed by atoms with E-state index in [4.69, 9.17) is 0 Å². The summed E-state index contributed by atoms with van der Waals surface area (Å²) in [7, 11) is 0. The summed E-state index contributed by atoms with van der Waals surface area (Å²) in [5.74, 6) is 0. The smallest absolute Gasteiger partial charge is 0 e. The minimum atomic E-state index is 0. The maximum atomic E-state index is 3.75. The summed E-state index contributed by atoms with van der Waals surface area (Å²) in [6.07, 6.45) is 20.5. The number of unbranched alkanes of at least 4 members (excludes halogenated alkanes) is 12. The molecule has 0 aromatic heterocycles. The number of hydrogen-bond acceptors (Lipinski definition) is 0. The maximum absolute atomic E-state index is 3.75. The third kappa shape index (κ3) is 18.8. The van der Waals surface area contributed by atoms with E-state index < -0.39 is 0 Å². The molecular weight excluding hydrogens is 271 g/mol. The molecule has 0 saturated heterocycles. The van der Waals surface area contributed by atoms with E-state index in [-0.39, 0.29) is 17.1 Å². The quantitative estimate of drug-likeness (QED) is 0.226. The number of rotatable bonds is 13. The molecule has 102 valence electrons. The molecule has 0 heterocycles. The van der Waals surface area contributed by atoms with Crippen LogP contribution in [0.5, 0.6) is 0 Å². The normalized spacial score (nSPS) is 9.94. The van der Waals surface area contributed by atoms with E-state index in [9.17, 15) is 0 Å². The summed E-state index contributed by atoms with van der Waals surface area (Å²) in [5.41, 5.74) is 0. The van der Waals surface area contributed by atoms with Crippen molar-refractivity contribution in [1.82, 2.24) is 0 Å². The molecule has 17 heavy (non-hydrogen) atoms. The molecule has 1 heteroatoms. The summed E-state index contributed by atoms with van der Waals surface area (Å²) in [4.78, 5) is 0. The predicted octanol–water partition coefficient (Wildman–Crippen LogP) is 5.88. The van der Waals surface area contributed by atoms with E-state index in [2.05, 4.69) is 13.5 Å². The SMILES string of the molecule is C=CCCCCCCCCCCCCCC.[Se]. The van der Waals surface area contributed by atoms with Gasteiger partial charge in [-0.25, -0.2) is 0 Å². The molecule has 0 N–H and O–H groups in total. The topological polar surface area (TPSA) is 0 Å². The van der Waals surface area contributed by atoms with Crippen molar-refractivity contribution >= 4 is 17.1 Å². The molecule has 0 fully saturated rings. The molecule has 0 aliphatic heterocycles. The minimum Gasteiger partial charge on any atom is -0.103 e. The van der Waals surface area contributed by atoms with Gasteiger partial charge in [0.25, 0.3) is 0 Å². The second-order valence-electron chi connectivity index (χ2n) is 4.97. The third-order valence-corrected chi connectivity index (χ3v) is 3.26. The van der Waals surface area contributed by atoms with Gasteiger partial charge < -0.3 is 0 Å². The molecule has 0 aliphatic rings. The van der Waals surface area contributed by atoms with E-state index in [1.54, 1.807) is 0 Å². The van der Waals surface area contributed by atoms with Crippen LogP contribution >= 0.6 is 0 Å². The Morgan fingerprint density at radius 1 is 0.647 bits per heavy atom. The van der Waals surface area contributed by atoms with Crippen molar-refractivity contribution < 1.29 is 0 Å². The fourth-order valence-corrected chi connectivity index (χ4v) is 2.13. The van der Waals surface area contributed by atoms with E-state index in [1.165, 1.54) is 83.5 Å². The van der Waals surface area contributed by atoms with E-state index in [1.807, 2.05) is 6.08 Å². The Hall–Kier alpha value is 0.259. The zero-order chi connectivity index (χ0) is 11.9. The Bertz CT molecular complexity index is 131. The van der Waals surface area contributed by atoms with Gasteiger partial charge in [-0.05, 0) is 12.8 Å². The second-order valence-corrected chi connectivity index (χ2v) is 4.97. The number of allylic oxidation sites excluding steroid dienone is 1. The van der Waals surface area contributed by atoms with Crippen LogP contribution in [0.4, 0.5) is 0 Å². The molecule has 2 radical (unpaired) electrons. The Morgan fingerprint density at radius 2 is 1.00 bits per heavy atom. The van der Waals surface area contributed by atoms with Gasteiger partial charge in [0.05, 0.1) is 0 Å². The first-order chi connectivity index (χ1) is 7.91. The molecule has 0 bridgehead atoms. The van der Waals surface area contributed by atoms with Crippen LogP contribution in [0.2, 0.25) is 0 Å². The molecule has 0 unspecified atom stereocenters. The molecule has 0 rings (SSSR count). The Kier molecular flexibility index (Phi) is 21.5. The summed E-state index contributed by atoms with van der Waals surface area (Å²) < 4.78 is 0. The van der Waals surface area contributed by atoms with Crippen molar-refractivity contribution in [2.45, 2.75) is 90.4 Å². The zero-order valence-electron chi connectivity index (χ0n) is 11.9. The van der Waals surface area contributed by atoms with Crippen LogP contribution in [-0.4, -0.2) is 17.1 Å². The van der Waals surface area contributed by atoms with Crippen LogP contribution < -0.4 is 0 Å². The number of hydrogen-bond donors (Lipinski definition) is 0. The zero-order valence-corrected chi connectivity index (χ0v) is 13.6. The average molecular weight is 303 g/mol. The van der Waals surface area contributed by atoms with Crippen molar-refractivity contribution in [2.75, 3.05) is 0 Å². The summed E-state index contributed by atoms with van der Waals surface area (Å²) in [5, 5.41) is 0. The molecule has 0 aliphatic carbocycles.